The molecule has 3 aliphatic carbocycles. The van der Waals surface area contributed by atoms with Crippen LogP contribution in [0.4, 0.5) is 0 Å². The first-order chi connectivity index (χ1) is 9.97. The summed E-state index contributed by atoms with van der Waals surface area (Å²) < 4.78 is 0. The fourth-order valence-corrected chi connectivity index (χ4v) is 6.08. The lowest BCUT2D eigenvalue weighted by Gasteiger charge is -2.51. The fraction of sp³-hybridized carbons (Fsp3) is 0.714. The Morgan fingerprint density at radius 1 is 1.19 bits per heavy atom. The summed E-state index contributed by atoms with van der Waals surface area (Å²) in [4.78, 5) is 0. The Morgan fingerprint density at radius 3 is 2.62 bits per heavy atom. The van der Waals surface area contributed by atoms with Crippen LogP contribution < -0.4 is 0 Å². The number of aryl methyl sites for hydroxylation is 1. The van der Waals surface area contributed by atoms with E-state index in [1.807, 2.05) is 0 Å². The minimum Gasteiger partial charge on any atom is -0.0619 e. The van der Waals surface area contributed by atoms with Crippen LogP contribution in [0.3, 0.4) is 0 Å². The van der Waals surface area contributed by atoms with Gasteiger partial charge in [-0.1, -0.05) is 52.3 Å². The summed E-state index contributed by atoms with van der Waals surface area (Å²) in [5.74, 6) is 2.59. The third-order valence-electron chi connectivity index (χ3n) is 7.42. The lowest BCUT2D eigenvalue weighted by atomic mass is 9.53. The Kier molecular flexibility index (Phi) is 2.88. The Hall–Kier alpha value is -0.780. The topological polar surface area (TPSA) is 0 Å². The third kappa shape index (κ3) is 1.80. The molecule has 21 heavy (non-hydrogen) atoms. The van der Waals surface area contributed by atoms with Gasteiger partial charge in [0.15, 0.2) is 0 Å². The summed E-state index contributed by atoms with van der Waals surface area (Å²) in [5.41, 5.74) is 6.10. The zero-order chi connectivity index (χ0) is 14.8. The first kappa shape index (κ1) is 13.9. The van der Waals surface area contributed by atoms with Crippen molar-refractivity contribution in [2.75, 3.05) is 0 Å². The summed E-state index contributed by atoms with van der Waals surface area (Å²) in [6.07, 6.45) is 8.64. The van der Waals surface area contributed by atoms with Gasteiger partial charge in [-0.25, -0.2) is 0 Å². The van der Waals surface area contributed by atoms with E-state index in [0.717, 1.165) is 17.3 Å². The predicted octanol–water partition coefficient (Wildman–Crippen LogP) is 5.84. The molecule has 4 rings (SSSR count). The van der Waals surface area contributed by atoms with Crippen LogP contribution in [-0.2, 0) is 11.8 Å². The van der Waals surface area contributed by atoms with Crippen molar-refractivity contribution in [2.45, 2.75) is 77.6 Å². The molecule has 3 aliphatic rings. The van der Waals surface area contributed by atoms with E-state index in [4.69, 9.17) is 0 Å². The van der Waals surface area contributed by atoms with Crippen molar-refractivity contribution in [1.82, 2.24) is 0 Å². The highest BCUT2D eigenvalue weighted by molar-refractivity contribution is 5.42. The van der Waals surface area contributed by atoms with E-state index in [1.54, 1.807) is 11.1 Å². The van der Waals surface area contributed by atoms with E-state index in [1.165, 1.54) is 44.1 Å². The average Bonchev–Trinajstić information content (AvgIpc) is 3.08. The van der Waals surface area contributed by atoms with Gasteiger partial charge in [0.2, 0.25) is 0 Å². The lowest BCUT2D eigenvalue weighted by molar-refractivity contribution is 0.0787. The SMILES string of the molecule is CC(C)c1ccc2c(c1)CCC1C3(CCC[C@]21C)C[C@H]3C. The normalized spacial score (nSPS) is 41.0. The highest BCUT2D eigenvalue weighted by atomic mass is 14.7. The molecule has 4 atom stereocenters. The van der Waals surface area contributed by atoms with Crippen LogP contribution in [-0.4, -0.2) is 0 Å². The number of benzene rings is 1. The zero-order valence-corrected chi connectivity index (χ0v) is 14.2. The van der Waals surface area contributed by atoms with E-state index >= 15 is 0 Å². The van der Waals surface area contributed by atoms with Crippen molar-refractivity contribution < 1.29 is 0 Å². The Morgan fingerprint density at radius 2 is 1.95 bits per heavy atom. The van der Waals surface area contributed by atoms with E-state index < -0.39 is 0 Å². The van der Waals surface area contributed by atoms with E-state index in [-0.39, 0.29) is 0 Å². The number of hydrogen-bond acceptors (Lipinski definition) is 0. The molecule has 2 saturated carbocycles. The molecule has 1 aromatic rings. The quantitative estimate of drug-likeness (QED) is 0.607. The van der Waals surface area contributed by atoms with Gasteiger partial charge in [-0.3, -0.25) is 0 Å². The van der Waals surface area contributed by atoms with Gasteiger partial charge in [0.1, 0.15) is 0 Å². The van der Waals surface area contributed by atoms with Gasteiger partial charge in [-0.15, -0.1) is 0 Å². The largest absolute Gasteiger partial charge is 0.0619 e. The zero-order valence-electron chi connectivity index (χ0n) is 14.2. The molecule has 0 nitrogen and oxygen atoms in total. The molecule has 114 valence electrons. The van der Waals surface area contributed by atoms with Crippen molar-refractivity contribution in [2.24, 2.45) is 17.3 Å². The van der Waals surface area contributed by atoms with Crippen LogP contribution in [0.25, 0.3) is 0 Å². The molecule has 2 unspecified atom stereocenters. The Balaban J connectivity index is 1.77. The summed E-state index contributed by atoms with van der Waals surface area (Å²) in [6, 6.07) is 7.44. The molecule has 0 aromatic heterocycles. The molecule has 0 N–H and O–H groups in total. The number of fused-ring (bicyclic) bond motifs is 4. The molecule has 0 heterocycles. The van der Waals surface area contributed by atoms with Gasteiger partial charge in [-0.2, -0.15) is 0 Å². The minimum absolute atomic E-state index is 0.464. The predicted molar refractivity (Wildman–Crippen MR) is 89.8 cm³/mol. The smallest absolute Gasteiger partial charge is 0.00388 e. The van der Waals surface area contributed by atoms with Crippen molar-refractivity contribution in [1.29, 1.82) is 0 Å². The molecule has 0 amide bonds. The first-order valence-electron chi connectivity index (χ1n) is 9.11. The molecule has 1 spiro atoms. The second-order valence-corrected chi connectivity index (χ2v) is 8.77. The van der Waals surface area contributed by atoms with Crippen LogP contribution in [0.15, 0.2) is 18.2 Å². The van der Waals surface area contributed by atoms with Crippen LogP contribution >= 0.6 is 0 Å². The summed E-state index contributed by atoms with van der Waals surface area (Å²) in [7, 11) is 0. The van der Waals surface area contributed by atoms with E-state index in [9.17, 15) is 0 Å². The molecule has 0 bridgehead atoms. The van der Waals surface area contributed by atoms with Gasteiger partial charge in [0, 0.05) is 0 Å². The highest BCUT2D eigenvalue weighted by Crippen LogP contribution is 2.70. The highest BCUT2D eigenvalue weighted by Gasteiger charge is 2.63. The monoisotopic (exact) mass is 282 g/mol. The lowest BCUT2D eigenvalue weighted by Crippen LogP contribution is -2.45. The Bertz CT molecular complexity index is 569. The van der Waals surface area contributed by atoms with Crippen LogP contribution in [0.5, 0.6) is 0 Å². The standard InChI is InChI=1S/C21H30/c1-14(2)16-6-8-18-17(12-16)7-9-19-20(18,4)10-5-11-21(19)13-15(21)3/h6,8,12,14-15,19H,5,7,9-11,13H2,1-4H3/t15-,19?,20-,21?/m1/s1. The maximum Gasteiger partial charge on any atom is -0.00388 e. The van der Waals surface area contributed by atoms with Crippen LogP contribution in [0.1, 0.15) is 82.4 Å². The van der Waals surface area contributed by atoms with Crippen LogP contribution in [0.2, 0.25) is 0 Å². The molecule has 2 fully saturated rings. The van der Waals surface area contributed by atoms with Crippen molar-refractivity contribution in [3.05, 3.63) is 34.9 Å². The minimum atomic E-state index is 0.464. The molecular weight excluding hydrogens is 252 g/mol. The van der Waals surface area contributed by atoms with Gasteiger partial charge < -0.3 is 0 Å². The summed E-state index contributed by atoms with van der Waals surface area (Å²) in [6.45, 7) is 9.73. The fourth-order valence-electron chi connectivity index (χ4n) is 6.08. The summed E-state index contributed by atoms with van der Waals surface area (Å²) in [5, 5.41) is 0. The maximum absolute atomic E-state index is 2.59. The van der Waals surface area contributed by atoms with Crippen molar-refractivity contribution in [3.8, 4) is 0 Å². The first-order valence-corrected chi connectivity index (χ1v) is 9.11. The number of rotatable bonds is 1. The summed E-state index contributed by atoms with van der Waals surface area (Å²) >= 11 is 0. The third-order valence-corrected chi connectivity index (χ3v) is 7.42. The maximum atomic E-state index is 2.59. The van der Waals surface area contributed by atoms with Crippen molar-refractivity contribution >= 4 is 0 Å². The van der Waals surface area contributed by atoms with Gasteiger partial charge in [0.25, 0.3) is 0 Å². The molecule has 0 aliphatic heterocycles. The van der Waals surface area contributed by atoms with Gasteiger partial charge in [-0.05, 0) is 77.4 Å². The van der Waals surface area contributed by atoms with Crippen LogP contribution in [0, 0.1) is 17.3 Å². The second kappa shape index (κ2) is 4.37. The molecular formula is C21H30. The van der Waals surface area contributed by atoms with Crippen molar-refractivity contribution in [3.63, 3.8) is 0 Å². The molecule has 0 radical (unpaired) electrons. The second-order valence-electron chi connectivity index (χ2n) is 8.77. The molecule has 0 heteroatoms. The van der Waals surface area contributed by atoms with E-state index in [0.29, 0.717) is 11.3 Å². The number of hydrogen-bond donors (Lipinski definition) is 0. The Labute approximate surface area is 130 Å². The average molecular weight is 282 g/mol. The van der Waals surface area contributed by atoms with Gasteiger partial charge >= 0.3 is 0 Å². The van der Waals surface area contributed by atoms with E-state index in [2.05, 4.69) is 45.9 Å². The molecule has 1 aromatic carbocycles. The molecule has 0 saturated heterocycles. The van der Waals surface area contributed by atoms with Gasteiger partial charge in [0.05, 0.1) is 0 Å².